The molecular formula is C18H31NO8. The second-order valence-electron chi connectivity index (χ2n) is 6.87. The molecule has 0 aliphatic carbocycles. The van der Waals surface area contributed by atoms with Gasteiger partial charge in [-0.15, -0.1) is 0 Å². The number of Topliss-reactive ketones (excluding diaryl/α,β-unsaturated/α-hetero) is 2. The first-order valence-corrected chi connectivity index (χ1v) is 9.40. The molecule has 9 heteroatoms. The number of carbonyl (C=O) groups excluding carboxylic acids is 3. The molecule has 0 radical (unpaired) electrons. The van der Waals surface area contributed by atoms with Gasteiger partial charge in [0.25, 0.3) is 5.79 Å². The van der Waals surface area contributed by atoms with E-state index in [1.54, 1.807) is 20.8 Å². The molecule has 0 spiro atoms. The second-order valence-corrected chi connectivity index (χ2v) is 6.87. The molecule has 0 aromatic rings. The first-order valence-electron chi connectivity index (χ1n) is 9.40. The van der Waals surface area contributed by atoms with E-state index in [2.05, 4.69) is 5.32 Å². The molecule has 156 valence electrons. The summed E-state index contributed by atoms with van der Waals surface area (Å²) < 4.78 is 5.29. The molecule has 1 fully saturated rings. The molecule has 1 heterocycles. The van der Waals surface area contributed by atoms with Crippen molar-refractivity contribution >= 4 is 17.5 Å². The lowest BCUT2D eigenvalue weighted by atomic mass is 9.70. The highest BCUT2D eigenvalue weighted by Gasteiger charge is 2.70. The van der Waals surface area contributed by atoms with Crippen LogP contribution in [0.2, 0.25) is 0 Å². The number of ether oxygens (including phenoxy) is 1. The molecule has 1 aliphatic rings. The molecule has 5 N–H and O–H groups in total. The summed E-state index contributed by atoms with van der Waals surface area (Å²) in [5.41, 5.74) is -2.56. The van der Waals surface area contributed by atoms with Crippen molar-refractivity contribution in [3.05, 3.63) is 0 Å². The Bertz CT molecular complexity index is 553. The van der Waals surface area contributed by atoms with Gasteiger partial charge in [0, 0.05) is 19.3 Å². The van der Waals surface area contributed by atoms with Crippen LogP contribution in [0.4, 0.5) is 0 Å². The number of hydrogen-bond donors (Lipinski definition) is 5. The number of aliphatic hydroxyl groups is 4. The second kappa shape index (κ2) is 9.70. The highest BCUT2D eigenvalue weighted by molar-refractivity contribution is 6.02. The zero-order valence-electron chi connectivity index (χ0n) is 16.1. The first-order chi connectivity index (χ1) is 12.7. The number of hydrogen-bond acceptors (Lipinski definition) is 8. The summed E-state index contributed by atoms with van der Waals surface area (Å²) in [6.45, 7) is 4.26. The Balaban J connectivity index is 3.62. The van der Waals surface area contributed by atoms with Gasteiger partial charge < -0.3 is 30.5 Å². The Morgan fingerprint density at radius 2 is 1.48 bits per heavy atom. The van der Waals surface area contributed by atoms with Crippen molar-refractivity contribution in [1.82, 2.24) is 5.32 Å². The van der Waals surface area contributed by atoms with Gasteiger partial charge in [-0.25, -0.2) is 0 Å². The molecule has 0 saturated carbocycles. The van der Waals surface area contributed by atoms with Crippen molar-refractivity contribution in [2.24, 2.45) is 0 Å². The van der Waals surface area contributed by atoms with Crippen LogP contribution in [0.3, 0.4) is 0 Å². The van der Waals surface area contributed by atoms with Crippen LogP contribution in [-0.4, -0.2) is 74.1 Å². The van der Waals surface area contributed by atoms with Gasteiger partial charge in [0.05, 0.1) is 6.61 Å². The summed E-state index contributed by atoms with van der Waals surface area (Å²) in [5.74, 6) is -5.34. The van der Waals surface area contributed by atoms with Gasteiger partial charge in [0.15, 0.2) is 17.1 Å². The van der Waals surface area contributed by atoms with Crippen molar-refractivity contribution < 1.29 is 39.5 Å². The van der Waals surface area contributed by atoms with Gasteiger partial charge in [-0.2, -0.15) is 0 Å². The van der Waals surface area contributed by atoms with E-state index in [9.17, 15) is 34.8 Å². The Labute approximate surface area is 158 Å². The Hall–Kier alpha value is -1.39. The molecule has 0 aromatic carbocycles. The van der Waals surface area contributed by atoms with Crippen LogP contribution in [0.1, 0.15) is 59.3 Å². The van der Waals surface area contributed by atoms with Gasteiger partial charge in [-0.1, -0.05) is 20.8 Å². The molecule has 0 bridgehead atoms. The first kappa shape index (κ1) is 23.6. The van der Waals surface area contributed by atoms with Gasteiger partial charge >= 0.3 is 0 Å². The Kier molecular flexibility index (Phi) is 8.49. The quantitative estimate of drug-likeness (QED) is 0.325. The Morgan fingerprint density at radius 3 is 1.96 bits per heavy atom. The van der Waals surface area contributed by atoms with Gasteiger partial charge in [-0.05, 0) is 19.3 Å². The monoisotopic (exact) mass is 389 g/mol. The van der Waals surface area contributed by atoms with E-state index in [-0.39, 0.29) is 19.3 Å². The van der Waals surface area contributed by atoms with Crippen LogP contribution in [-0.2, 0) is 19.1 Å². The average molecular weight is 389 g/mol. The van der Waals surface area contributed by atoms with E-state index in [1.165, 1.54) is 0 Å². The molecule has 1 rings (SSSR count). The molecule has 1 aliphatic heterocycles. The molecule has 1 unspecified atom stereocenters. The van der Waals surface area contributed by atoms with E-state index in [4.69, 9.17) is 4.74 Å². The number of nitrogens with one attached hydrogen (secondary N) is 1. The molecule has 1 saturated heterocycles. The van der Waals surface area contributed by atoms with Crippen LogP contribution in [0.25, 0.3) is 0 Å². The fraction of sp³-hybridized carbons (Fsp3) is 0.833. The normalized spacial score (nSPS) is 33.5. The number of rotatable bonds is 10. The maximum atomic E-state index is 13.0. The summed E-state index contributed by atoms with van der Waals surface area (Å²) in [6, 6.07) is 0. The van der Waals surface area contributed by atoms with E-state index in [0.29, 0.717) is 19.3 Å². The topological polar surface area (TPSA) is 153 Å². The molecule has 9 nitrogen and oxygen atoms in total. The summed E-state index contributed by atoms with van der Waals surface area (Å²) >= 11 is 0. The van der Waals surface area contributed by atoms with Crippen molar-refractivity contribution in [3.63, 3.8) is 0 Å². The average Bonchev–Trinajstić information content (AvgIpc) is 2.62. The van der Waals surface area contributed by atoms with E-state index in [1.807, 2.05) is 0 Å². The lowest BCUT2D eigenvalue weighted by molar-refractivity contribution is -0.321. The largest absolute Gasteiger partial charge is 0.394 e. The maximum Gasteiger partial charge on any atom is 0.261 e. The number of ketones is 2. The fourth-order valence-electron chi connectivity index (χ4n) is 3.39. The molecule has 5 atom stereocenters. The number of amides is 1. The van der Waals surface area contributed by atoms with Crippen molar-refractivity contribution in [1.29, 1.82) is 0 Å². The minimum absolute atomic E-state index is 0.0224. The Morgan fingerprint density at radius 1 is 0.963 bits per heavy atom. The lowest BCUT2D eigenvalue weighted by Gasteiger charge is -2.54. The standard InChI is InChI=1S/C18H31NO8/c1-4-7-12(21)17(19-14(23)9-6-3)16(25)15(24)11(10-20)27-18(17,26)13(22)8-5-2/h11,15-16,20,24-26H,4-10H2,1-3H3,(H,19,23)/t11-,15-,16+,17-,18?/m1/s1. The lowest BCUT2D eigenvalue weighted by Crippen LogP contribution is -2.83. The van der Waals surface area contributed by atoms with Crippen molar-refractivity contribution in [2.45, 2.75) is 88.9 Å². The predicted molar refractivity (Wildman–Crippen MR) is 94.5 cm³/mol. The predicted octanol–water partition coefficient (Wildman–Crippen LogP) is -0.819. The number of aliphatic hydroxyl groups excluding tert-OH is 3. The summed E-state index contributed by atoms with van der Waals surface area (Å²) in [7, 11) is 0. The van der Waals surface area contributed by atoms with E-state index < -0.39 is 53.7 Å². The minimum atomic E-state index is -2.91. The highest BCUT2D eigenvalue weighted by atomic mass is 16.7. The molecule has 27 heavy (non-hydrogen) atoms. The number of carbonyl (C=O) groups is 3. The van der Waals surface area contributed by atoms with Crippen LogP contribution < -0.4 is 5.32 Å². The van der Waals surface area contributed by atoms with Crippen LogP contribution in [0.5, 0.6) is 0 Å². The SMILES string of the molecule is CCCC(=O)N[C@]1(C(=O)CCC)[C@@H](O)[C@H](O)[C@@H](CO)OC1(O)C(=O)CCC. The van der Waals surface area contributed by atoms with Crippen LogP contribution >= 0.6 is 0 Å². The smallest absolute Gasteiger partial charge is 0.261 e. The summed E-state index contributed by atoms with van der Waals surface area (Å²) in [4.78, 5) is 38.1. The highest BCUT2D eigenvalue weighted by Crippen LogP contribution is 2.40. The third-order valence-corrected chi connectivity index (χ3v) is 4.77. The molecular weight excluding hydrogens is 358 g/mol. The molecule has 0 aromatic heterocycles. The third kappa shape index (κ3) is 4.22. The van der Waals surface area contributed by atoms with Gasteiger partial charge in [-0.3, -0.25) is 14.4 Å². The maximum absolute atomic E-state index is 13.0. The van der Waals surface area contributed by atoms with Crippen LogP contribution in [0.15, 0.2) is 0 Å². The minimum Gasteiger partial charge on any atom is -0.394 e. The zero-order valence-corrected chi connectivity index (χ0v) is 16.1. The fourth-order valence-corrected chi connectivity index (χ4v) is 3.39. The van der Waals surface area contributed by atoms with Gasteiger partial charge in [0.1, 0.15) is 18.3 Å². The van der Waals surface area contributed by atoms with Crippen molar-refractivity contribution in [3.8, 4) is 0 Å². The third-order valence-electron chi connectivity index (χ3n) is 4.77. The van der Waals surface area contributed by atoms with Gasteiger partial charge in [0.2, 0.25) is 5.91 Å². The van der Waals surface area contributed by atoms with Crippen LogP contribution in [0, 0.1) is 0 Å². The zero-order chi connectivity index (χ0) is 20.8. The van der Waals surface area contributed by atoms with E-state index in [0.717, 1.165) is 0 Å². The van der Waals surface area contributed by atoms with E-state index >= 15 is 0 Å². The summed E-state index contributed by atoms with van der Waals surface area (Å²) in [6.07, 6.45) is -4.69. The molecule has 1 amide bonds. The van der Waals surface area contributed by atoms with Crippen molar-refractivity contribution in [2.75, 3.05) is 6.61 Å². The summed E-state index contributed by atoms with van der Waals surface area (Å²) in [5, 5.41) is 44.0.